The lowest BCUT2D eigenvalue weighted by molar-refractivity contribution is -0.115. The molecule has 0 bridgehead atoms. The minimum absolute atomic E-state index is 0.156. The Bertz CT molecular complexity index is 1270. The van der Waals surface area contributed by atoms with Gasteiger partial charge in [0.05, 0.1) is 28.5 Å². The Morgan fingerprint density at radius 3 is 2.74 bits per heavy atom. The molecule has 0 radical (unpaired) electrons. The van der Waals surface area contributed by atoms with Gasteiger partial charge in [-0.05, 0) is 36.7 Å². The summed E-state index contributed by atoms with van der Waals surface area (Å²) in [5, 5.41) is 12.2. The molecule has 11 heteroatoms. The van der Waals surface area contributed by atoms with Crippen molar-refractivity contribution in [1.29, 1.82) is 5.26 Å². The molecule has 34 heavy (non-hydrogen) atoms. The number of imide groups is 1. The molecule has 2 aromatic rings. The number of allylic oxidation sites excluding steroid dienone is 1. The van der Waals surface area contributed by atoms with Crippen molar-refractivity contribution in [1.82, 2.24) is 15.2 Å². The van der Waals surface area contributed by atoms with Crippen LogP contribution in [0.25, 0.3) is 0 Å². The molecule has 174 valence electrons. The first-order valence-corrected chi connectivity index (χ1v) is 12.4. The van der Waals surface area contributed by atoms with E-state index in [1.807, 2.05) is 6.07 Å². The zero-order valence-corrected chi connectivity index (χ0v) is 19.9. The maximum absolute atomic E-state index is 13.8. The molecule has 4 rings (SSSR count). The first kappa shape index (κ1) is 23.8. The van der Waals surface area contributed by atoms with Crippen LogP contribution in [-0.2, 0) is 16.0 Å². The summed E-state index contributed by atoms with van der Waals surface area (Å²) < 4.78 is 12.6. The fourth-order valence-electron chi connectivity index (χ4n) is 4.27. The molecule has 0 spiro atoms. The number of nitrogens with one attached hydrogen (secondary N) is 1. The van der Waals surface area contributed by atoms with E-state index in [2.05, 4.69) is 10.3 Å². The normalized spacial score (nSPS) is 18.6. The van der Waals surface area contributed by atoms with Gasteiger partial charge in [-0.3, -0.25) is 14.7 Å². The number of halogens is 1. The number of pyridine rings is 1. The number of carbonyl (C=O) groups is 3. The van der Waals surface area contributed by atoms with Gasteiger partial charge in [-0.15, -0.1) is 0 Å². The number of hydrogen-bond donors (Lipinski definition) is 1. The van der Waals surface area contributed by atoms with Gasteiger partial charge >= 0.3 is 12.1 Å². The zero-order chi connectivity index (χ0) is 24.6. The second kappa shape index (κ2) is 9.46. The van der Waals surface area contributed by atoms with Gasteiger partial charge in [0.15, 0.2) is 10.7 Å². The SMILES string of the molecule is CCNC(=O)N1C(=O)N(c2cncc(Cl)c2)C2=C(C(=O)CC2)C1c1ccc(C#N)cc1[S+](C)[O-]. The summed E-state index contributed by atoms with van der Waals surface area (Å²) in [5.41, 5.74) is 1.67. The van der Waals surface area contributed by atoms with E-state index in [0.29, 0.717) is 22.0 Å². The van der Waals surface area contributed by atoms with Crippen LogP contribution in [0.5, 0.6) is 0 Å². The van der Waals surface area contributed by atoms with E-state index in [-0.39, 0.29) is 41.2 Å². The van der Waals surface area contributed by atoms with Crippen molar-refractivity contribution in [3.8, 4) is 6.07 Å². The summed E-state index contributed by atoms with van der Waals surface area (Å²) in [6.45, 7) is 1.95. The molecule has 0 saturated carbocycles. The third-order valence-corrected chi connectivity index (χ3v) is 6.82. The van der Waals surface area contributed by atoms with E-state index in [0.717, 1.165) is 4.90 Å². The number of nitriles is 1. The first-order valence-electron chi connectivity index (χ1n) is 10.4. The Labute approximate surface area is 204 Å². The number of carbonyl (C=O) groups excluding carboxylic acids is 3. The molecule has 2 aliphatic rings. The van der Waals surface area contributed by atoms with Crippen LogP contribution < -0.4 is 10.2 Å². The van der Waals surface area contributed by atoms with E-state index in [1.165, 1.54) is 41.7 Å². The Balaban J connectivity index is 2.00. The quantitative estimate of drug-likeness (QED) is 0.641. The summed E-state index contributed by atoms with van der Waals surface area (Å²) in [5.74, 6) is -0.223. The fraction of sp³-hybridized carbons (Fsp3) is 0.261. The lowest BCUT2D eigenvalue weighted by atomic mass is 9.92. The van der Waals surface area contributed by atoms with Gasteiger partial charge in [-0.25, -0.2) is 14.5 Å². The van der Waals surface area contributed by atoms with Crippen molar-refractivity contribution in [3.05, 3.63) is 64.1 Å². The highest BCUT2D eigenvalue weighted by Gasteiger charge is 2.49. The number of benzene rings is 1. The smallest absolute Gasteiger partial charge is 0.337 e. The molecule has 1 aliphatic heterocycles. The average molecular weight is 498 g/mol. The maximum atomic E-state index is 13.8. The molecule has 1 aromatic carbocycles. The number of rotatable bonds is 4. The Morgan fingerprint density at radius 2 is 2.09 bits per heavy atom. The predicted octanol–water partition coefficient (Wildman–Crippen LogP) is 3.67. The van der Waals surface area contributed by atoms with Gasteiger partial charge in [0.2, 0.25) is 0 Å². The number of ketones is 1. The van der Waals surface area contributed by atoms with E-state index in [9.17, 15) is 24.2 Å². The topological polar surface area (TPSA) is 129 Å². The van der Waals surface area contributed by atoms with Crippen LogP contribution >= 0.6 is 11.6 Å². The summed E-state index contributed by atoms with van der Waals surface area (Å²) in [6.07, 6.45) is 4.73. The lowest BCUT2D eigenvalue weighted by Crippen LogP contribution is -2.55. The van der Waals surface area contributed by atoms with Crippen LogP contribution in [0.15, 0.2) is 52.8 Å². The molecular formula is C23H20ClN5O4S. The highest BCUT2D eigenvalue weighted by atomic mass is 35.5. The second-order valence-electron chi connectivity index (χ2n) is 7.69. The Hall–Kier alpha value is -3.39. The molecule has 0 saturated heterocycles. The van der Waals surface area contributed by atoms with E-state index >= 15 is 0 Å². The van der Waals surface area contributed by atoms with Crippen LogP contribution in [0.4, 0.5) is 15.3 Å². The van der Waals surface area contributed by atoms with Crippen LogP contribution in [0.3, 0.4) is 0 Å². The Morgan fingerprint density at radius 1 is 1.32 bits per heavy atom. The van der Waals surface area contributed by atoms with Crippen molar-refractivity contribution in [3.63, 3.8) is 0 Å². The van der Waals surface area contributed by atoms with Gasteiger partial charge in [0.25, 0.3) is 0 Å². The molecular weight excluding hydrogens is 478 g/mol. The monoisotopic (exact) mass is 497 g/mol. The molecule has 0 fully saturated rings. The summed E-state index contributed by atoms with van der Waals surface area (Å²) >= 11 is 4.54. The predicted molar refractivity (Wildman–Crippen MR) is 126 cm³/mol. The van der Waals surface area contributed by atoms with E-state index in [4.69, 9.17) is 11.6 Å². The largest absolute Gasteiger partial charge is 0.612 e. The van der Waals surface area contributed by atoms with Gasteiger partial charge in [0, 0.05) is 42.1 Å². The number of urea groups is 2. The molecule has 2 atom stereocenters. The molecule has 2 unspecified atom stereocenters. The van der Waals surface area contributed by atoms with Gasteiger partial charge in [-0.1, -0.05) is 17.7 Å². The fourth-order valence-corrected chi connectivity index (χ4v) is 5.24. The number of Topliss-reactive ketones (excluding diaryl/α,β-unsaturated/α-hetero) is 1. The second-order valence-corrected chi connectivity index (χ2v) is 9.47. The van der Waals surface area contributed by atoms with Crippen LogP contribution in [0.1, 0.15) is 36.9 Å². The van der Waals surface area contributed by atoms with Crippen molar-refractivity contribution >= 4 is 46.3 Å². The molecule has 1 aromatic heterocycles. The van der Waals surface area contributed by atoms with Gasteiger partial charge in [-0.2, -0.15) is 5.26 Å². The van der Waals surface area contributed by atoms with Gasteiger partial charge in [0.1, 0.15) is 12.3 Å². The van der Waals surface area contributed by atoms with Crippen LogP contribution in [0.2, 0.25) is 5.02 Å². The Kier molecular flexibility index (Phi) is 6.61. The third kappa shape index (κ3) is 4.03. The number of nitrogens with zero attached hydrogens (tertiary/aromatic N) is 4. The zero-order valence-electron chi connectivity index (χ0n) is 18.4. The highest BCUT2D eigenvalue weighted by molar-refractivity contribution is 7.90. The molecule has 9 nitrogen and oxygen atoms in total. The summed E-state index contributed by atoms with van der Waals surface area (Å²) in [7, 11) is 0. The van der Waals surface area contributed by atoms with E-state index in [1.54, 1.807) is 13.0 Å². The molecule has 1 aliphatic carbocycles. The van der Waals surface area contributed by atoms with Crippen molar-refractivity contribution in [2.45, 2.75) is 30.7 Å². The van der Waals surface area contributed by atoms with Crippen molar-refractivity contribution in [2.75, 3.05) is 17.7 Å². The van der Waals surface area contributed by atoms with Gasteiger partial charge < -0.3 is 9.87 Å². The third-order valence-electron chi connectivity index (χ3n) is 5.64. The van der Waals surface area contributed by atoms with Crippen LogP contribution in [0, 0.1) is 11.3 Å². The number of amides is 4. The van der Waals surface area contributed by atoms with E-state index < -0.39 is 29.3 Å². The molecule has 2 heterocycles. The number of hydrogen-bond acceptors (Lipinski definition) is 6. The molecule has 1 N–H and O–H groups in total. The minimum atomic E-state index is -1.56. The first-order chi connectivity index (χ1) is 16.3. The summed E-state index contributed by atoms with van der Waals surface area (Å²) in [4.78, 5) is 46.8. The minimum Gasteiger partial charge on any atom is -0.612 e. The standard InChI is InChI=1S/C23H20ClN5O4S/c1-3-27-22(31)29-21(16-5-4-13(10-25)8-19(16)34(2)33)20-17(6-7-18(20)30)28(23(29)32)15-9-14(24)11-26-12-15/h4-5,8-9,11-12,21H,3,6-7H2,1-2H3,(H,27,31). The highest BCUT2D eigenvalue weighted by Crippen LogP contribution is 2.46. The molecule has 4 amide bonds. The summed E-state index contributed by atoms with van der Waals surface area (Å²) in [6, 6.07) is 5.56. The number of aromatic nitrogens is 1. The van der Waals surface area contributed by atoms with Crippen molar-refractivity contribution < 1.29 is 18.9 Å². The lowest BCUT2D eigenvalue weighted by Gasteiger charge is -2.40. The number of anilines is 1. The average Bonchev–Trinajstić information content (AvgIpc) is 3.18. The van der Waals surface area contributed by atoms with Crippen molar-refractivity contribution in [2.24, 2.45) is 0 Å². The van der Waals surface area contributed by atoms with Crippen LogP contribution in [-0.4, -0.2) is 45.1 Å². The maximum Gasteiger partial charge on any atom is 0.337 e.